The van der Waals surface area contributed by atoms with Crippen molar-refractivity contribution in [1.82, 2.24) is 10.6 Å². The van der Waals surface area contributed by atoms with Crippen LogP contribution < -0.4 is 16.0 Å². The van der Waals surface area contributed by atoms with Crippen LogP contribution in [0.15, 0.2) is 48.5 Å². The van der Waals surface area contributed by atoms with Gasteiger partial charge in [0.15, 0.2) is 0 Å². The fraction of sp³-hybridized carbons (Fsp3) is 0.286. The van der Waals surface area contributed by atoms with Gasteiger partial charge in [-0.2, -0.15) is 0 Å². The van der Waals surface area contributed by atoms with Gasteiger partial charge in [0.2, 0.25) is 0 Å². The number of aliphatic hydroxyl groups excluding tert-OH is 1. The highest BCUT2D eigenvalue weighted by atomic mass is 16.3. The van der Waals surface area contributed by atoms with E-state index in [9.17, 15) is 14.4 Å². The predicted molar refractivity (Wildman–Crippen MR) is 107 cm³/mol. The molecule has 0 aromatic heterocycles. The monoisotopic (exact) mass is 383 g/mol. The first-order valence-electron chi connectivity index (χ1n) is 9.24. The number of nitrogens with one attached hydrogen (secondary N) is 3. The molecular weight excluding hydrogens is 358 g/mol. The molecule has 0 aliphatic carbocycles. The van der Waals surface area contributed by atoms with Crippen molar-refractivity contribution in [3.05, 3.63) is 65.2 Å². The Bertz CT molecular complexity index is 822. The Labute approximate surface area is 164 Å². The Morgan fingerprint density at radius 3 is 2.25 bits per heavy atom. The maximum Gasteiger partial charge on any atom is 0.255 e. The third kappa shape index (κ3) is 5.92. The maximum absolute atomic E-state index is 12.5. The van der Waals surface area contributed by atoms with Gasteiger partial charge in [-0.1, -0.05) is 31.5 Å². The van der Waals surface area contributed by atoms with E-state index in [1.54, 1.807) is 30.3 Å². The zero-order valence-electron chi connectivity index (χ0n) is 15.8. The lowest BCUT2D eigenvalue weighted by Gasteiger charge is -2.13. The van der Waals surface area contributed by atoms with Crippen LogP contribution in [-0.2, 0) is 0 Å². The fourth-order valence-corrected chi connectivity index (χ4v) is 2.52. The summed E-state index contributed by atoms with van der Waals surface area (Å²) in [6.07, 6.45) is 1.79. The Kier molecular flexibility index (Phi) is 8.17. The molecule has 7 heteroatoms. The summed E-state index contributed by atoms with van der Waals surface area (Å²) >= 11 is 0. The summed E-state index contributed by atoms with van der Waals surface area (Å²) in [5, 5.41) is 16.9. The summed E-state index contributed by atoms with van der Waals surface area (Å²) in [5.41, 5.74) is 1.25. The SMILES string of the molecule is CCCCNC(=O)c1ccc(C(=O)NCCO)cc1NC(=O)c1ccccc1. The van der Waals surface area contributed by atoms with Gasteiger partial charge in [0.1, 0.15) is 0 Å². The molecule has 0 atom stereocenters. The first kappa shape index (κ1) is 21.1. The van der Waals surface area contributed by atoms with E-state index in [0.717, 1.165) is 12.8 Å². The number of unbranched alkanes of at least 4 members (excludes halogenated alkanes) is 1. The Hall–Kier alpha value is -3.19. The van der Waals surface area contributed by atoms with Crippen molar-refractivity contribution in [3.63, 3.8) is 0 Å². The summed E-state index contributed by atoms with van der Waals surface area (Å²) in [7, 11) is 0. The average molecular weight is 383 g/mol. The lowest BCUT2D eigenvalue weighted by Crippen LogP contribution is -2.28. The van der Waals surface area contributed by atoms with Gasteiger partial charge >= 0.3 is 0 Å². The third-order valence-corrected chi connectivity index (χ3v) is 4.02. The van der Waals surface area contributed by atoms with Crippen molar-refractivity contribution < 1.29 is 19.5 Å². The van der Waals surface area contributed by atoms with Crippen molar-refractivity contribution in [2.45, 2.75) is 19.8 Å². The lowest BCUT2D eigenvalue weighted by molar-refractivity contribution is 0.0936. The van der Waals surface area contributed by atoms with Crippen molar-refractivity contribution in [2.24, 2.45) is 0 Å². The summed E-state index contributed by atoms with van der Waals surface area (Å²) < 4.78 is 0. The molecule has 2 aromatic rings. The Balaban J connectivity index is 2.29. The maximum atomic E-state index is 12.5. The van der Waals surface area contributed by atoms with Gasteiger partial charge in [-0.15, -0.1) is 0 Å². The van der Waals surface area contributed by atoms with E-state index in [4.69, 9.17) is 5.11 Å². The number of hydrogen-bond donors (Lipinski definition) is 4. The summed E-state index contributed by atoms with van der Waals surface area (Å²) in [4.78, 5) is 37.2. The Morgan fingerprint density at radius 1 is 0.857 bits per heavy atom. The first-order chi connectivity index (χ1) is 13.6. The van der Waals surface area contributed by atoms with Crippen LogP contribution in [0.4, 0.5) is 5.69 Å². The lowest BCUT2D eigenvalue weighted by atomic mass is 10.1. The normalized spacial score (nSPS) is 10.2. The standard InChI is InChI=1S/C21H25N3O4/c1-2-3-11-22-21(28)17-10-9-16(19(26)23-12-13-25)14-18(17)24-20(27)15-7-5-4-6-8-15/h4-10,14,25H,2-3,11-13H2,1H3,(H,22,28)(H,23,26)(H,24,27). The quantitative estimate of drug-likeness (QED) is 0.498. The van der Waals surface area contributed by atoms with Crippen LogP contribution in [0.3, 0.4) is 0 Å². The number of benzene rings is 2. The van der Waals surface area contributed by atoms with Crippen LogP contribution in [0.1, 0.15) is 50.8 Å². The molecule has 3 amide bonds. The topological polar surface area (TPSA) is 108 Å². The van der Waals surface area contributed by atoms with Crippen molar-refractivity contribution in [3.8, 4) is 0 Å². The highest BCUT2D eigenvalue weighted by Gasteiger charge is 2.17. The molecule has 0 aliphatic heterocycles. The van der Waals surface area contributed by atoms with Crippen LogP contribution in [0.2, 0.25) is 0 Å². The van der Waals surface area contributed by atoms with E-state index in [0.29, 0.717) is 12.1 Å². The number of hydrogen-bond acceptors (Lipinski definition) is 4. The summed E-state index contributed by atoms with van der Waals surface area (Å²) in [6.45, 7) is 2.49. The molecule has 0 unspecified atom stereocenters. The predicted octanol–water partition coefficient (Wildman–Crippen LogP) is 2.19. The number of carbonyl (C=O) groups is 3. The summed E-state index contributed by atoms with van der Waals surface area (Å²) in [5.74, 6) is -1.10. The number of amides is 3. The summed E-state index contributed by atoms with van der Waals surface area (Å²) in [6, 6.07) is 13.1. The second kappa shape index (κ2) is 10.8. The van der Waals surface area contributed by atoms with Crippen LogP contribution in [-0.4, -0.2) is 42.5 Å². The highest BCUT2D eigenvalue weighted by molar-refractivity contribution is 6.10. The van der Waals surface area contributed by atoms with E-state index < -0.39 is 5.91 Å². The van der Waals surface area contributed by atoms with Gasteiger partial charge < -0.3 is 21.1 Å². The molecule has 7 nitrogen and oxygen atoms in total. The van der Waals surface area contributed by atoms with Crippen LogP contribution in [0, 0.1) is 0 Å². The molecule has 28 heavy (non-hydrogen) atoms. The zero-order chi connectivity index (χ0) is 20.4. The molecule has 0 aliphatic rings. The van der Waals surface area contributed by atoms with Crippen LogP contribution >= 0.6 is 0 Å². The van der Waals surface area contributed by atoms with E-state index >= 15 is 0 Å². The van der Waals surface area contributed by atoms with Gasteiger partial charge in [0.25, 0.3) is 17.7 Å². The van der Waals surface area contributed by atoms with Gasteiger partial charge in [0.05, 0.1) is 17.9 Å². The second-order valence-corrected chi connectivity index (χ2v) is 6.17. The van der Waals surface area contributed by atoms with E-state index in [2.05, 4.69) is 16.0 Å². The number of carbonyl (C=O) groups excluding carboxylic acids is 3. The minimum Gasteiger partial charge on any atom is -0.395 e. The molecule has 0 heterocycles. The average Bonchev–Trinajstić information content (AvgIpc) is 2.72. The molecule has 148 valence electrons. The molecule has 0 bridgehead atoms. The van der Waals surface area contributed by atoms with Crippen LogP contribution in [0.5, 0.6) is 0 Å². The van der Waals surface area contributed by atoms with Gasteiger partial charge in [-0.25, -0.2) is 0 Å². The van der Waals surface area contributed by atoms with Crippen LogP contribution in [0.25, 0.3) is 0 Å². The molecule has 0 spiro atoms. The minimum absolute atomic E-state index is 0.115. The van der Waals surface area contributed by atoms with Crippen molar-refractivity contribution in [2.75, 3.05) is 25.0 Å². The van der Waals surface area contributed by atoms with E-state index in [-0.39, 0.29) is 41.8 Å². The Morgan fingerprint density at radius 2 is 1.57 bits per heavy atom. The number of anilines is 1. The number of aliphatic hydroxyl groups is 1. The largest absolute Gasteiger partial charge is 0.395 e. The zero-order valence-corrected chi connectivity index (χ0v) is 15.8. The molecule has 0 fully saturated rings. The third-order valence-electron chi connectivity index (χ3n) is 4.02. The van der Waals surface area contributed by atoms with E-state index in [1.165, 1.54) is 18.2 Å². The number of rotatable bonds is 9. The highest BCUT2D eigenvalue weighted by Crippen LogP contribution is 2.19. The molecule has 0 radical (unpaired) electrons. The molecule has 0 saturated carbocycles. The molecular formula is C21H25N3O4. The second-order valence-electron chi connectivity index (χ2n) is 6.17. The van der Waals surface area contributed by atoms with E-state index in [1.807, 2.05) is 6.92 Å². The van der Waals surface area contributed by atoms with Crippen molar-refractivity contribution in [1.29, 1.82) is 0 Å². The minimum atomic E-state index is -0.401. The molecule has 4 N–H and O–H groups in total. The van der Waals surface area contributed by atoms with Crippen molar-refractivity contribution >= 4 is 23.4 Å². The molecule has 2 rings (SSSR count). The molecule has 0 saturated heterocycles. The smallest absolute Gasteiger partial charge is 0.255 e. The first-order valence-corrected chi connectivity index (χ1v) is 9.24. The molecule has 2 aromatic carbocycles. The fourth-order valence-electron chi connectivity index (χ4n) is 2.52. The van der Waals surface area contributed by atoms with Gasteiger partial charge in [0, 0.05) is 24.2 Å². The van der Waals surface area contributed by atoms with Gasteiger partial charge in [-0.3, -0.25) is 14.4 Å². The van der Waals surface area contributed by atoms with Gasteiger partial charge in [-0.05, 0) is 36.8 Å².